The fraction of sp³-hybridized carbons (Fsp3) is 0.185. The van der Waals surface area contributed by atoms with Crippen LogP contribution in [-0.4, -0.2) is 11.5 Å². The molecule has 0 radical (unpaired) electrons. The van der Waals surface area contributed by atoms with Crippen molar-refractivity contribution in [2.45, 2.75) is 36.5 Å². The first kappa shape index (κ1) is 21.1. The van der Waals surface area contributed by atoms with Crippen LogP contribution in [0.2, 0.25) is 0 Å². The third kappa shape index (κ3) is 5.15. The van der Waals surface area contributed by atoms with Crippen molar-refractivity contribution >= 4 is 34.2 Å². The van der Waals surface area contributed by atoms with Gasteiger partial charge in [-0.05, 0) is 72.9 Å². The Labute approximate surface area is 187 Å². The van der Waals surface area contributed by atoms with Gasteiger partial charge in [0, 0.05) is 26.5 Å². The van der Waals surface area contributed by atoms with Gasteiger partial charge in [0.15, 0.2) is 5.76 Å². The smallest absolute Gasteiger partial charge is 0.228 e. The summed E-state index contributed by atoms with van der Waals surface area (Å²) in [5.74, 6) is 0.853. The number of fused-ring (bicyclic) bond motifs is 1. The first-order valence-corrected chi connectivity index (χ1v) is 11.3. The molecule has 3 nitrogen and oxygen atoms in total. The van der Waals surface area contributed by atoms with Crippen molar-refractivity contribution in [2.24, 2.45) is 5.92 Å². The molecule has 3 aromatic carbocycles. The van der Waals surface area contributed by atoms with E-state index in [1.54, 1.807) is 17.8 Å². The van der Waals surface area contributed by atoms with Gasteiger partial charge in [0.05, 0.1) is 0 Å². The van der Waals surface area contributed by atoms with Crippen molar-refractivity contribution in [1.82, 2.24) is 0 Å². The summed E-state index contributed by atoms with van der Waals surface area (Å²) in [6.45, 7) is 4.37. The van der Waals surface area contributed by atoms with E-state index in [2.05, 4.69) is 26.0 Å². The zero-order chi connectivity index (χ0) is 21.8. The first-order valence-electron chi connectivity index (χ1n) is 10.5. The molecule has 0 unspecified atom stereocenters. The predicted octanol–water partition coefficient (Wildman–Crippen LogP) is 7.62. The number of nitrogens with one attached hydrogen (secondary N) is 1. The molecule has 0 fully saturated rings. The third-order valence-corrected chi connectivity index (χ3v) is 6.19. The molecular weight excluding hydrogens is 402 g/mol. The van der Waals surface area contributed by atoms with Crippen molar-refractivity contribution in [1.29, 1.82) is 5.41 Å². The van der Waals surface area contributed by atoms with Crippen LogP contribution in [0.15, 0.2) is 93.1 Å². The minimum atomic E-state index is -0.114. The number of hydrogen-bond donors (Lipinski definition) is 1. The van der Waals surface area contributed by atoms with E-state index in [0.29, 0.717) is 23.0 Å². The number of rotatable bonds is 8. The van der Waals surface area contributed by atoms with Crippen LogP contribution in [-0.2, 0) is 0 Å². The van der Waals surface area contributed by atoms with Crippen LogP contribution in [0.3, 0.4) is 0 Å². The lowest BCUT2D eigenvalue weighted by molar-refractivity contribution is 0.101. The van der Waals surface area contributed by atoms with E-state index in [0.717, 1.165) is 39.2 Å². The topological polar surface area (TPSA) is 54.1 Å². The van der Waals surface area contributed by atoms with Gasteiger partial charge in [-0.15, -0.1) is 0 Å². The second-order valence-electron chi connectivity index (χ2n) is 8.04. The van der Waals surface area contributed by atoms with Crippen LogP contribution in [0.5, 0.6) is 0 Å². The van der Waals surface area contributed by atoms with Gasteiger partial charge in [-0.25, -0.2) is 0 Å². The fourth-order valence-electron chi connectivity index (χ4n) is 3.35. The van der Waals surface area contributed by atoms with E-state index in [4.69, 9.17) is 9.83 Å². The highest BCUT2D eigenvalue weighted by atomic mass is 32.2. The van der Waals surface area contributed by atoms with Crippen LogP contribution in [0.1, 0.15) is 48.4 Å². The number of carbonyl (C=O) groups is 1. The Balaban J connectivity index is 1.41. The zero-order valence-electron chi connectivity index (χ0n) is 17.7. The quantitative estimate of drug-likeness (QED) is 0.232. The molecule has 0 saturated carbocycles. The van der Waals surface area contributed by atoms with Gasteiger partial charge in [0.2, 0.25) is 5.78 Å². The second-order valence-corrected chi connectivity index (χ2v) is 9.19. The monoisotopic (exact) mass is 427 g/mol. The van der Waals surface area contributed by atoms with Gasteiger partial charge in [-0.3, -0.25) is 4.79 Å². The molecule has 0 spiro atoms. The maximum atomic E-state index is 12.8. The van der Waals surface area contributed by atoms with Crippen molar-refractivity contribution < 1.29 is 9.21 Å². The SMILES string of the molecule is CC(C)CCC(=N)c1ccc(Sc2ccc(C(=O)c3cc4ccccc4o3)cc2)cc1. The summed E-state index contributed by atoms with van der Waals surface area (Å²) >= 11 is 1.64. The first-order chi connectivity index (χ1) is 15.0. The summed E-state index contributed by atoms with van der Waals surface area (Å²) in [6, 6.07) is 25.2. The average Bonchev–Trinajstić information content (AvgIpc) is 3.22. The summed E-state index contributed by atoms with van der Waals surface area (Å²) in [5, 5.41) is 9.17. The Bertz CT molecular complexity index is 1170. The van der Waals surface area contributed by atoms with Crippen LogP contribution >= 0.6 is 11.8 Å². The molecule has 4 rings (SSSR count). The Morgan fingerprint density at radius 3 is 2.13 bits per heavy atom. The number of para-hydroxylation sites is 1. The van der Waals surface area contributed by atoms with Gasteiger partial charge in [0.25, 0.3) is 0 Å². The number of ketones is 1. The predicted molar refractivity (Wildman–Crippen MR) is 128 cm³/mol. The minimum absolute atomic E-state index is 0.114. The normalized spacial score (nSPS) is 11.2. The number of furan rings is 1. The van der Waals surface area contributed by atoms with Crippen molar-refractivity contribution in [3.63, 3.8) is 0 Å². The number of benzene rings is 3. The highest BCUT2D eigenvalue weighted by Gasteiger charge is 2.14. The maximum absolute atomic E-state index is 12.8. The van der Waals surface area contributed by atoms with E-state index in [-0.39, 0.29) is 5.78 Å². The summed E-state index contributed by atoms with van der Waals surface area (Å²) in [6.07, 6.45) is 1.85. The van der Waals surface area contributed by atoms with E-state index >= 15 is 0 Å². The Kier molecular flexibility index (Phi) is 6.38. The van der Waals surface area contributed by atoms with Crippen molar-refractivity contribution in [3.8, 4) is 0 Å². The second kappa shape index (κ2) is 9.36. The minimum Gasteiger partial charge on any atom is -0.453 e. The molecule has 156 valence electrons. The highest BCUT2D eigenvalue weighted by molar-refractivity contribution is 7.99. The summed E-state index contributed by atoms with van der Waals surface area (Å²) < 4.78 is 5.70. The van der Waals surface area contributed by atoms with Crippen LogP contribution in [0, 0.1) is 11.3 Å². The molecule has 0 atom stereocenters. The van der Waals surface area contributed by atoms with Crippen LogP contribution in [0.25, 0.3) is 11.0 Å². The van der Waals surface area contributed by atoms with E-state index < -0.39 is 0 Å². The number of hydrogen-bond acceptors (Lipinski definition) is 4. The summed E-state index contributed by atoms with van der Waals surface area (Å²) in [5.41, 5.74) is 3.01. The van der Waals surface area contributed by atoms with E-state index in [9.17, 15) is 4.79 Å². The molecule has 31 heavy (non-hydrogen) atoms. The molecule has 0 aliphatic heterocycles. The maximum Gasteiger partial charge on any atom is 0.228 e. The summed E-state index contributed by atoms with van der Waals surface area (Å²) in [7, 11) is 0. The molecule has 1 heterocycles. The molecular formula is C27H25NO2S. The van der Waals surface area contributed by atoms with Gasteiger partial charge in [-0.1, -0.05) is 55.9 Å². The van der Waals surface area contributed by atoms with Crippen LogP contribution in [0.4, 0.5) is 0 Å². The molecule has 1 aromatic heterocycles. The Morgan fingerprint density at radius 2 is 1.52 bits per heavy atom. The molecule has 0 bridgehead atoms. The standard InChI is InChI=1S/C27H25NO2S/c1-18(2)7-16-24(28)19-8-12-22(13-9-19)31-23-14-10-20(11-15-23)27(29)26-17-21-5-3-4-6-25(21)30-26/h3-6,8-15,17-18,28H,7,16H2,1-2H3. The van der Waals surface area contributed by atoms with Gasteiger partial charge >= 0.3 is 0 Å². The van der Waals surface area contributed by atoms with Crippen molar-refractivity contribution in [3.05, 3.63) is 95.7 Å². The summed E-state index contributed by atoms with van der Waals surface area (Å²) in [4.78, 5) is 14.9. The van der Waals surface area contributed by atoms with Crippen molar-refractivity contribution in [2.75, 3.05) is 0 Å². The average molecular weight is 428 g/mol. The Hall–Kier alpha value is -3.11. The molecule has 0 aliphatic carbocycles. The molecule has 4 aromatic rings. The lowest BCUT2D eigenvalue weighted by Crippen LogP contribution is -2.01. The number of carbonyl (C=O) groups excluding carboxylic acids is 1. The molecule has 0 amide bonds. The van der Waals surface area contributed by atoms with E-state index in [1.165, 1.54) is 0 Å². The molecule has 0 saturated heterocycles. The Morgan fingerprint density at radius 1 is 0.903 bits per heavy atom. The lowest BCUT2D eigenvalue weighted by atomic mass is 10.0. The lowest BCUT2D eigenvalue weighted by Gasteiger charge is -2.08. The molecule has 1 N–H and O–H groups in total. The van der Waals surface area contributed by atoms with E-state index in [1.807, 2.05) is 60.7 Å². The van der Waals surface area contributed by atoms with Crippen LogP contribution < -0.4 is 0 Å². The molecule has 0 aliphatic rings. The largest absolute Gasteiger partial charge is 0.453 e. The fourth-order valence-corrected chi connectivity index (χ4v) is 4.16. The third-order valence-electron chi connectivity index (χ3n) is 5.18. The van der Waals surface area contributed by atoms with Gasteiger partial charge in [0.1, 0.15) is 5.58 Å². The van der Waals surface area contributed by atoms with Gasteiger partial charge in [-0.2, -0.15) is 0 Å². The molecule has 4 heteroatoms. The highest BCUT2D eigenvalue weighted by Crippen LogP contribution is 2.29. The zero-order valence-corrected chi connectivity index (χ0v) is 18.5. The van der Waals surface area contributed by atoms with Gasteiger partial charge < -0.3 is 9.83 Å².